The van der Waals surface area contributed by atoms with Crippen molar-refractivity contribution in [2.75, 3.05) is 32.8 Å². The van der Waals surface area contributed by atoms with E-state index in [0.29, 0.717) is 37.9 Å². The van der Waals surface area contributed by atoms with E-state index < -0.39 is 40.3 Å². The van der Waals surface area contributed by atoms with Gasteiger partial charge in [-0.05, 0) is 61.4 Å². The number of likely N-dealkylation sites (tertiary alicyclic amines) is 1. The van der Waals surface area contributed by atoms with Crippen LogP contribution in [0.4, 0.5) is 0 Å². The van der Waals surface area contributed by atoms with E-state index in [9.17, 15) is 22.8 Å². The van der Waals surface area contributed by atoms with Crippen molar-refractivity contribution in [2.24, 2.45) is 11.7 Å². The topological polar surface area (TPSA) is 175 Å². The number of carbonyl (C=O) groups excluding carboxylic acids is 3. The SMILES string of the molecule is CCOC(=O)CN(C(=O)[C@H](CC(=O)NC[C@@H]1CCCN(C(=N)N)C1)NS(=O)(=O)c1ccc2ccccc2c1)C1CC1.Cl. The molecule has 1 saturated carbocycles. The molecule has 230 valence electrons. The van der Waals surface area contributed by atoms with Gasteiger partial charge >= 0.3 is 5.97 Å². The van der Waals surface area contributed by atoms with Gasteiger partial charge in [0.2, 0.25) is 21.8 Å². The van der Waals surface area contributed by atoms with E-state index in [4.69, 9.17) is 15.9 Å². The number of hydrogen-bond acceptors (Lipinski definition) is 7. The minimum Gasteiger partial charge on any atom is -0.465 e. The molecule has 0 bridgehead atoms. The summed E-state index contributed by atoms with van der Waals surface area (Å²) in [5.74, 6) is -1.71. The Bertz CT molecular complexity index is 1400. The van der Waals surface area contributed by atoms with E-state index in [0.717, 1.165) is 18.2 Å². The average molecular weight is 623 g/mol. The monoisotopic (exact) mass is 622 g/mol. The number of rotatable bonds is 12. The van der Waals surface area contributed by atoms with Crippen LogP contribution in [-0.2, 0) is 29.1 Å². The minimum absolute atomic E-state index is 0. The molecule has 2 aliphatic rings. The fourth-order valence-electron chi connectivity index (χ4n) is 5.05. The van der Waals surface area contributed by atoms with Crippen molar-refractivity contribution in [3.63, 3.8) is 0 Å². The molecule has 42 heavy (non-hydrogen) atoms. The number of sulfonamides is 1. The maximum atomic E-state index is 13.7. The van der Waals surface area contributed by atoms with Crippen LogP contribution in [0.15, 0.2) is 47.4 Å². The van der Waals surface area contributed by atoms with Crippen LogP contribution in [0.5, 0.6) is 0 Å². The molecule has 0 unspecified atom stereocenters. The quantitative estimate of drug-likeness (QED) is 0.157. The summed E-state index contributed by atoms with van der Waals surface area (Å²) in [6.07, 6.45) is 2.58. The average Bonchev–Trinajstić information content (AvgIpc) is 3.79. The van der Waals surface area contributed by atoms with Gasteiger partial charge in [-0.2, -0.15) is 4.72 Å². The standard InChI is InChI=1S/C28H38N6O6S.ClH/c1-2-40-26(36)18-34(22-10-11-22)27(37)24(15-25(35)31-16-19-6-5-13-33(17-19)28(29)30)32-41(38,39)23-12-9-20-7-3-4-8-21(20)14-23;/h3-4,7-9,12,14,19,22,24,32H,2,5-6,10-11,13,15-18H2,1H3,(H3,29,30)(H,31,35);1H/t19-,24-;/m0./s1. The Morgan fingerprint density at radius 1 is 1.14 bits per heavy atom. The molecular weight excluding hydrogens is 584 g/mol. The molecule has 2 amide bonds. The van der Waals surface area contributed by atoms with E-state index in [-0.39, 0.29) is 48.4 Å². The first-order valence-electron chi connectivity index (χ1n) is 13.9. The molecule has 1 aliphatic heterocycles. The number of nitrogens with one attached hydrogen (secondary N) is 3. The molecule has 0 radical (unpaired) electrons. The summed E-state index contributed by atoms with van der Waals surface area (Å²) in [7, 11) is -4.21. The number of hydrogen-bond donors (Lipinski definition) is 4. The molecule has 4 rings (SSSR count). The van der Waals surface area contributed by atoms with Crippen molar-refractivity contribution >= 4 is 56.9 Å². The van der Waals surface area contributed by atoms with Crippen LogP contribution in [0.1, 0.15) is 39.0 Å². The number of nitrogens with zero attached hydrogens (tertiary/aromatic N) is 2. The number of benzene rings is 2. The van der Waals surface area contributed by atoms with Crippen LogP contribution < -0.4 is 15.8 Å². The summed E-state index contributed by atoms with van der Waals surface area (Å²) in [4.78, 5) is 42.0. The van der Waals surface area contributed by atoms with E-state index in [1.54, 1.807) is 30.0 Å². The van der Waals surface area contributed by atoms with Gasteiger partial charge < -0.3 is 25.6 Å². The van der Waals surface area contributed by atoms with Crippen LogP contribution in [0.2, 0.25) is 0 Å². The summed E-state index contributed by atoms with van der Waals surface area (Å²) in [6.45, 7) is 3.00. The molecular formula is C28H39ClN6O6S. The summed E-state index contributed by atoms with van der Waals surface area (Å²) in [5, 5.41) is 12.1. The number of fused-ring (bicyclic) bond motifs is 1. The molecule has 2 aromatic rings. The first kappa shape index (κ1) is 33.1. The Morgan fingerprint density at radius 2 is 1.86 bits per heavy atom. The third-order valence-corrected chi connectivity index (χ3v) is 8.81. The number of halogens is 1. The third-order valence-electron chi connectivity index (χ3n) is 7.34. The predicted molar refractivity (Wildman–Crippen MR) is 161 cm³/mol. The van der Waals surface area contributed by atoms with Gasteiger partial charge in [0.25, 0.3) is 0 Å². The second kappa shape index (κ2) is 14.7. The second-order valence-electron chi connectivity index (χ2n) is 10.5. The molecule has 2 fully saturated rings. The minimum atomic E-state index is -4.21. The van der Waals surface area contributed by atoms with Crippen LogP contribution in [0.3, 0.4) is 0 Å². The fraction of sp³-hybridized carbons (Fsp3) is 0.500. The van der Waals surface area contributed by atoms with E-state index in [2.05, 4.69) is 10.0 Å². The van der Waals surface area contributed by atoms with E-state index >= 15 is 0 Å². The van der Waals surface area contributed by atoms with Crippen LogP contribution in [0, 0.1) is 11.3 Å². The van der Waals surface area contributed by atoms with Crippen molar-refractivity contribution in [1.29, 1.82) is 5.41 Å². The molecule has 0 aromatic heterocycles. The van der Waals surface area contributed by atoms with Crippen molar-refractivity contribution in [3.8, 4) is 0 Å². The highest BCUT2D eigenvalue weighted by Crippen LogP contribution is 2.28. The van der Waals surface area contributed by atoms with Gasteiger partial charge in [-0.3, -0.25) is 19.8 Å². The Labute approximate surface area is 252 Å². The second-order valence-corrected chi connectivity index (χ2v) is 12.2. The van der Waals surface area contributed by atoms with Gasteiger partial charge in [-0.1, -0.05) is 30.3 Å². The lowest BCUT2D eigenvalue weighted by Crippen LogP contribution is -2.52. The van der Waals surface area contributed by atoms with E-state index in [1.807, 2.05) is 12.1 Å². The third kappa shape index (κ3) is 8.79. The molecule has 1 saturated heterocycles. The number of piperidine rings is 1. The van der Waals surface area contributed by atoms with Crippen LogP contribution >= 0.6 is 12.4 Å². The zero-order chi connectivity index (χ0) is 29.6. The normalized spacial score (nSPS) is 17.5. The highest BCUT2D eigenvalue weighted by atomic mass is 35.5. The fourth-order valence-corrected chi connectivity index (χ4v) is 6.28. The molecule has 0 spiro atoms. The smallest absolute Gasteiger partial charge is 0.325 e. The molecule has 1 aliphatic carbocycles. The maximum Gasteiger partial charge on any atom is 0.325 e. The molecule has 12 nitrogen and oxygen atoms in total. The lowest BCUT2D eigenvalue weighted by atomic mass is 9.98. The number of guanidine groups is 1. The Balaban J connectivity index is 0.00000484. The van der Waals surface area contributed by atoms with E-state index in [1.165, 1.54) is 17.0 Å². The number of carbonyl (C=O) groups is 3. The summed E-state index contributed by atoms with van der Waals surface area (Å²) < 4.78 is 34.4. The van der Waals surface area contributed by atoms with Crippen molar-refractivity contribution in [3.05, 3.63) is 42.5 Å². The first-order valence-corrected chi connectivity index (χ1v) is 15.4. The van der Waals surface area contributed by atoms with Crippen LogP contribution in [0.25, 0.3) is 10.8 Å². The Hall–Kier alpha value is -3.42. The van der Waals surface area contributed by atoms with Gasteiger partial charge in [-0.25, -0.2) is 8.42 Å². The Kier molecular flexibility index (Phi) is 11.5. The summed E-state index contributed by atoms with van der Waals surface area (Å²) >= 11 is 0. The van der Waals surface area contributed by atoms with Gasteiger partial charge in [0.05, 0.1) is 17.9 Å². The molecule has 1 heterocycles. The van der Waals surface area contributed by atoms with Crippen molar-refractivity contribution in [2.45, 2.75) is 56.0 Å². The summed E-state index contributed by atoms with van der Waals surface area (Å²) in [6, 6.07) is 10.3. The lowest BCUT2D eigenvalue weighted by molar-refractivity contribution is -0.150. The van der Waals surface area contributed by atoms with Crippen LogP contribution in [-0.4, -0.2) is 86.8 Å². The Morgan fingerprint density at radius 3 is 2.52 bits per heavy atom. The number of ether oxygens (including phenoxy) is 1. The zero-order valence-electron chi connectivity index (χ0n) is 23.6. The summed E-state index contributed by atoms with van der Waals surface area (Å²) in [5.41, 5.74) is 5.61. The zero-order valence-corrected chi connectivity index (χ0v) is 25.2. The van der Waals surface area contributed by atoms with Crippen molar-refractivity contribution < 1.29 is 27.5 Å². The highest BCUT2D eigenvalue weighted by Gasteiger charge is 2.39. The van der Waals surface area contributed by atoms with Gasteiger partial charge in [-0.15, -0.1) is 12.4 Å². The van der Waals surface area contributed by atoms with Crippen molar-refractivity contribution in [1.82, 2.24) is 19.8 Å². The number of amides is 2. The van der Waals surface area contributed by atoms with Gasteiger partial charge in [0.15, 0.2) is 5.96 Å². The number of nitrogens with two attached hydrogens (primary N) is 1. The molecule has 14 heteroatoms. The highest BCUT2D eigenvalue weighted by molar-refractivity contribution is 7.89. The number of esters is 1. The predicted octanol–water partition coefficient (Wildman–Crippen LogP) is 1.57. The van der Waals surface area contributed by atoms with Gasteiger partial charge in [0.1, 0.15) is 12.6 Å². The molecule has 2 aromatic carbocycles. The largest absolute Gasteiger partial charge is 0.465 e. The lowest BCUT2D eigenvalue weighted by Gasteiger charge is -2.33. The first-order chi connectivity index (χ1) is 19.6. The molecule has 2 atom stereocenters. The molecule has 5 N–H and O–H groups in total. The maximum absolute atomic E-state index is 13.7. The van der Waals surface area contributed by atoms with Gasteiger partial charge in [0, 0.05) is 25.7 Å².